The van der Waals surface area contributed by atoms with Gasteiger partial charge in [-0.3, -0.25) is 9.69 Å². The molecule has 2 aliphatic rings. The summed E-state index contributed by atoms with van der Waals surface area (Å²) < 4.78 is 5.31. The molecule has 24 heavy (non-hydrogen) atoms. The van der Waals surface area contributed by atoms with Crippen LogP contribution in [0.2, 0.25) is 0 Å². The van der Waals surface area contributed by atoms with Crippen molar-refractivity contribution in [3.05, 3.63) is 11.7 Å². The van der Waals surface area contributed by atoms with Gasteiger partial charge in [-0.2, -0.15) is 4.98 Å². The molecule has 1 amide bonds. The van der Waals surface area contributed by atoms with Crippen LogP contribution in [0.1, 0.15) is 57.7 Å². The Morgan fingerprint density at radius 3 is 2.38 bits per heavy atom. The number of nitrogens with zero attached hydrogens (tertiary/aromatic N) is 4. The zero-order chi connectivity index (χ0) is 17.3. The minimum Gasteiger partial charge on any atom is -0.341 e. The Morgan fingerprint density at radius 2 is 1.83 bits per heavy atom. The predicted molar refractivity (Wildman–Crippen MR) is 91.6 cm³/mol. The number of carbonyl (C=O) groups is 1. The smallest absolute Gasteiger partial charge is 0.239 e. The summed E-state index contributed by atoms with van der Waals surface area (Å²) in [4.78, 5) is 21.6. The second-order valence-corrected chi connectivity index (χ2v) is 7.86. The van der Waals surface area contributed by atoms with Crippen LogP contribution in [-0.4, -0.2) is 58.1 Å². The number of aryl methyl sites for hydroxylation is 1. The van der Waals surface area contributed by atoms with E-state index >= 15 is 0 Å². The van der Waals surface area contributed by atoms with Crippen molar-refractivity contribution in [3.8, 4) is 0 Å². The van der Waals surface area contributed by atoms with E-state index in [1.54, 1.807) is 0 Å². The number of piperidine rings is 2. The molecule has 6 heteroatoms. The molecule has 0 aromatic carbocycles. The molecule has 0 unspecified atom stereocenters. The predicted octanol–water partition coefficient (Wildman–Crippen LogP) is 2.45. The Labute approximate surface area is 144 Å². The fraction of sp³-hybridized carbons (Fsp3) is 0.833. The first-order chi connectivity index (χ1) is 11.4. The van der Waals surface area contributed by atoms with Crippen molar-refractivity contribution in [1.29, 1.82) is 0 Å². The molecule has 1 aromatic heterocycles. The molecular formula is C18H30N4O2. The fourth-order valence-electron chi connectivity index (χ4n) is 4.28. The third kappa shape index (κ3) is 3.79. The van der Waals surface area contributed by atoms with Crippen molar-refractivity contribution in [2.75, 3.05) is 26.2 Å². The quantitative estimate of drug-likeness (QED) is 0.849. The highest BCUT2D eigenvalue weighted by Gasteiger charge is 2.33. The first-order valence-electron chi connectivity index (χ1n) is 9.27. The second kappa shape index (κ2) is 7.21. The van der Waals surface area contributed by atoms with E-state index in [9.17, 15) is 4.79 Å². The van der Waals surface area contributed by atoms with Crippen LogP contribution in [0, 0.1) is 18.8 Å². The third-order valence-electron chi connectivity index (χ3n) is 5.51. The van der Waals surface area contributed by atoms with Crippen LogP contribution in [-0.2, 0) is 4.79 Å². The van der Waals surface area contributed by atoms with Crippen LogP contribution >= 0.6 is 0 Å². The van der Waals surface area contributed by atoms with Gasteiger partial charge in [0, 0.05) is 19.0 Å². The molecule has 0 bridgehead atoms. The lowest BCUT2D eigenvalue weighted by Crippen LogP contribution is -2.52. The van der Waals surface area contributed by atoms with Crippen molar-refractivity contribution in [2.24, 2.45) is 11.8 Å². The highest BCUT2D eigenvalue weighted by atomic mass is 16.5. The zero-order valence-electron chi connectivity index (χ0n) is 15.4. The van der Waals surface area contributed by atoms with E-state index in [1.807, 2.05) is 6.92 Å². The van der Waals surface area contributed by atoms with Crippen LogP contribution < -0.4 is 0 Å². The van der Waals surface area contributed by atoms with E-state index in [0.29, 0.717) is 29.5 Å². The maximum Gasteiger partial charge on any atom is 0.239 e. The molecule has 3 rings (SSSR count). The first-order valence-corrected chi connectivity index (χ1v) is 9.27. The molecule has 0 N–H and O–H groups in total. The molecule has 2 saturated heterocycles. The summed E-state index contributed by atoms with van der Waals surface area (Å²) >= 11 is 0. The second-order valence-electron chi connectivity index (χ2n) is 7.86. The van der Waals surface area contributed by atoms with Gasteiger partial charge in [-0.05, 0) is 58.0 Å². The monoisotopic (exact) mass is 334 g/mol. The number of hydrogen-bond donors (Lipinski definition) is 0. The van der Waals surface area contributed by atoms with Crippen LogP contribution in [0.15, 0.2) is 4.52 Å². The molecule has 0 aliphatic carbocycles. The number of aromatic nitrogens is 2. The maximum absolute atomic E-state index is 12.9. The van der Waals surface area contributed by atoms with E-state index in [-0.39, 0.29) is 6.04 Å². The van der Waals surface area contributed by atoms with Crippen molar-refractivity contribution in [2.45, 2.75) is 58.9 Å². The van der Waals surface area contributed by atoms with Gasteiger partial charge in [-0.25, -0.2) is 0 Å². The van der Waals surface area contributed by atoms with Gasteiger partial charge in [0.15, 0.2) is 5.82 Å². The molecule has 0 saturated carbocycles. The van der Waals surface area contributed by atoms with Crippen molar-refractivity contribution >= 4 is 5.91 Å². The van der Waals surface area contributed by atoms with Gasteiger partial charge in [0.1, 0.15) is 0 Å². The largest absolute Gasteiger partial charge is 0.341 e. The first kappa shape index (κ1) is 17.4. The molecule has 2 fully saturated rings. The van der Waals surface area contributed by atoms with Gasteiger partial charge in [0.25, 0.3) is 0 Å². The van der Waals surface area contributed by atoms with E-state index in [0.717, 1.165) is 44.9 Å². The van der Waals surface area contributed by atoms with Gasteiger partial charge in [-0.1, -0.05) is 19.0 Å². The van der Waals surface area contributed by atoms with E-state index in [4.69, 9.17) is 4.52 Å². The van der Waals surface area contributed by atoms with Crippen molar-refractivity contribution in [3.63, 3.8) is 0 Å². The molecule has 2 aliphatic heterocycles. The molecule has 0 radical (unpaired) electrons. The Hall–Kier alpha value is -1.43. The van der Waals surface area contributed by atoms with Gasteiger partial charge in [0.2, 0.25) is 11.8 Å². The highest BCUT2D eigenvalue weighted by molar-refractivity contribution is 5.81. The third-order valence-corrected chi connectivity index (χ3v) is 5.51. The number of rotatable bonds is 3. The summed E-state index contributed by atoms with van der Waals surface area (Å²) in [5.41, 5.74) is 0. The number of likely N-dealkylation sites (tertiary alicyclic amines) is 2. The summed E-state index contributed by atoms with van der Waals surface area (Å²) in [7, 11) is 0. The Kier molecular flexibility index (Phi) is 5.23. The average molecular weight is 334 g/mol. The maximum atomic E-state index is 12.9. The van der Waals surface area contributed by atoms with Crippen LogP contribution in [0.25, 0.3) is 0 Å². The minimum absolute atomic E-state index is 0.0344. The minimum atomic E-state index is -0.0344. The van der Waals surface area contributed by atoms with Gasteiger partial charge in [-0.15, -0.1) is 0 Å². The average Bonchev–Trinajstić information content (AvgIpc) is 2.99. The lowest BCUT2D eigenvalue weighted by Gasteiger charge is -2.40. The van der Waals surface area contributed by atoms with Gasteiger partial charge < -0.3 is 9.42 Å². The van der Waals surface area contributed by atoms with Crippen molar-refractivity contribution < 1.29 is 9.32 Å². The standard InChI is InChI=1S/C18H30N4O2/c1-12-9-13(2)11-22(10-12)18(23)14(3)21-7-5-16(6-8-21)17-19-15(4)20-24-17/h12-14,16H,5-11H2,1-4H3/t12-,13-,14-/m1/s1. The lowest BCUT2D eigenvalue weighted by molar-refractivity contribution is -0.139. The van der Waals surface area contributed by atoms with Crippen LogP contribution in [0.3, 0.4) is 0 Å². The van der Waals surface area contributed by atoms with Crippen molar-refractivity contribution in [1.82, 2.24) is 19.9 Å². The number of carbonyl (C=O) groups excluding carboxylic acids is 1. The molecule has 0 spiro atoms. The summed E-state index contributed by atoms with van der Waals surface area (Å²) in [6.45, 7) is 12.1. The fourth-order valence-corrected chi connectivity index (χ4v) is 4.28. The molecular weight excluding hydrogens is 304 g/mol. The molecule has 3 atom stereocenters. The van der Waals surface area contributed by atoms with Gasteiger partial charge >= 0.3 is 0 Å². The normalized spacial score (nSPS) is 28.1. The molecule has 3 heterocycles. The number of hydrogen-bond acceptors (Lipinski definition) is 5. The Balaban J connectivity index is 1.54. The zero-order valence-corrected chi connectivity index (χ0v) is 15.4. The number of amides is 1. The lowest BCUT2D eigenvalue weighted by atomic mass is 9.91. The van der Waals surface area contributed by atoms with E-state index in [2.05, 4.69) is 40.7 Å². The van der Waals surface area contributed by atoms with Gasteiger partial charge in [0.05, 0.1) is 6.04 Å². The van der Waals surface area contributed by atoms with Crippen LogP contribution in [0.4, 0.5) is 0 Å². The molecule has 6 nitrogen and oxygen atoms in total. The molecule has 1 aromatic rings. The Morgan fingerprint density at radius 1 is 1.21 bits per heavy atom. The summed E-state index contributed by atoms with van der Waals surface area (Å²) in [6.07, 6.45) is 3.19. The summed E-state index contributed by atoms with van der Waals surface area (Å²) in [5, 5.41) is 3.89. The SMILES string of the molecule is Cc1noc(C2CCN([C@H](C)C(=O)N3C[C@H](C)C[C@@H](C)C3)CC2)n1. The highest BCUT2D eigenvalue weighted by Crippen LogP contribution is 2.28. The summed E-state index contributed by atoms with van der Waals surface area (Å²) in [5.74, 6) is 3.29. The molecule has 134 valence electrons. The summed E-state index contributed by atoms with van der Waals surface area (Å²) in [6, 6.07) is -0.0344. The topological polar surface area (TPSA) is 62.5 Å². The Bertz CT molecular complexity index is 555. The van der Waals surface area contributed by atoms with E-state index < -0.39 is 0 Å². The van der Waals surface area contributed by atoms with E-state index in [1.165, 1.54) is 6.42 Å². The van der Waals surface area contributed by atoms with Crippen LogP contribution in [0.5, 0.6) is 0 Å².